The van der Waals surface area contributed by atoms with E-state index in [9.17, 15) is 22.8 Å². The zero-order chi connectivity index (χ0) is 26.0. The molecule has 0 aliphatic carbocycles. The fraction of sp³-hybridized carbons (Fsp3) is 0.280. The number of carbonyl (C=O) groups is 2. The Bertz CT molecular complexity index is 1410. The lowest BCUT2D eigenvalue weighted by Crippen LogP contribution is -2.39. The number of H-pyrrole nitrogens is 1. The highest BCUT2D eigenvalue weighted by Gasteiger charge is 2.31. The number of amides is 2. The third-order valence-electron chi connectivity index (χ3n) is 6.16. The van der Waals surface area contributed by atoms with Gasteiger partial charge in [0.25, 0.3) is 5.91 Å². The van der Waals surface area contributed by atoms with Crippen LogP contribution in [-0.2, 0) is 11.2 Å². The molecule has 0 radical (unpaired) electrons. The zero-order valence-corrected chi connectivity index (χ0v) is 19.5. The minimum atomic E-state index is -4.76. The van der Waals surface area contributed by atoms with Gasteiger partial charge in [-0.3, -0.25) is 14.3 Å². The average molecular weight is 512 g/mol. The van der Waals surface area contributed by atoms with Crippen molar-refractivity contribution in [2.75, 3.05) is 18.4 Å². The van der Waals surface area contributed by atoms with Crippen LogP contribution in [-0.4, -0.2) is 55.9 Å². The molecule has 1 aliphatic heterocycles. The summed E-state index contributed by atoms with van der Waals surface area (Å²) >= 11 is 0. The largest absolute Gasteiger partial charge is 0.573 e. The first-order valence-electron chi connectivity index (χ1n) is 11.7. The van der Waals surface area contributed by atoms with Gasteiger partial charge < -0.3 is 19.9 Å². The summed E-state index contributed by atoms with van der Waals surface area (Å²) in [4.78, 5) is 34.6. The second-order valence-corrected chi connectivity index (χ2v) is 8.76. The van der Waals surface area contributed by atoms with Gasteiger partial charge in [0.2, 0.25) is 5.91 Å². The van der Waals surface area contributed by atoms with Gasteiger partial charge in [-0.05, 0) is 48.7 Å². The Morgan fingerprint density at radius 2 is 1.84 bits per heavy atom. The molecule has 0 spiro atoms. The molecule has 2 amide bonds. The molecule has 3 aromatic heterocycles. The highest BCUT2D eigenvalue weighted by atomic mass is 19.4. The van der Waals surface area contributed by atoms with Crippen LogP contribution in [0.4, 0.5) is 18.9 Å². The van der Waals surface area contributed by atoms with E-state index in [4.69, 9.17) is 0 Å². The Kier molecular flexibility index (Phi) is 6.55. The van der Waals surface area contributed by atoms with Crippen LogP contribution in [0.1, 0.15) is 34.9 Å². The number of nitrogens with zero attached hydrogens (tertiary/aromatic N) is 4. The Hall–Kier alpha value is -4.35. The molecular formula is C25H23F3N6O3. The summed E-state index contributed by atoms with van der Waals surface area (Å²) in [5.41, 5.74) is 3.10. The van der Waals surface area contributed by atoms with Crippen LogP contribution in [0.25, 0.3) is 11.0 Å². The molecule has 4 heterocycles. The third kappa shape index (κ3) is 5.90. The maximum absolute atomic E-state index is 12.9. The minimum Gasteiger partial charge on any atom is -0.406 e. The molecule has 192 valence electrons. The van der Waals surface area contributed by atoms with Gasteiger partial charge in [0.15, 0.2) is 0 Å². The molecule has 37 heavy (non-hydrogen) atoms. The fourth-order valence-corrected chi connectivity index (χ4v) is 4.35. The van der Waals surface area contributed by atoms with Crippen molar-refractivity contribution in [2.24, 2.45) is 0 Å². The van der Waals surface area contributed by atoms with E-state index in [-0.39, 0.29) is 30.0 Å². The van der Waals surface area contributed by atoms with Gasteiger partial charge in [0.1, 0.15) is 11.4 Å². The van der Waals surface area contributed by atoms with E-state index in [0.29, 0.717) is 42.9 Å². The first kappa shape index (κ1) is 24.3. The van der Waals surface area contributed by atoms with E-state index in [1.54, 1.807) is 34.2 Å². The quantitative estimate of drug-likeness (QED) is 0.401. The number of nitrogens with one attached hydrogen (secondary N) is 2. The van der Waals surface area contributed by atoms with Crippen LogP contribution in [0.2, 0.25) is 0 Å². The predicted octanol–water partition coefficient (Wildman–Crippen LogP) is 4.32. The summed E-state index contributed by atoms with van der Waals surface area (Å²) in [6, 6.07) is 10.6. The smallest absolute Gasteiger partial charge is 0.406 e. The van der Waals surface area contributed by atoms with Crippen molar-refractivity contribution in [3.05, 3.63) is 72.3 Å². The molecule has 1 fully saturated rings. The number of carbonyl (C=O) groups excluding carboxylic acids is 2. The maximum atomic E-state index is 12.9. The van der Waals surface area contributed by atoms with E-state index < -0.39 is 6.36 Å². The molecule has 9 nitrogen and oxygen atoms in total. The molecule has 1 saturated heterocycles. The number of anilines is 1. The van der Waals surface area contributed by atoms with Gasteiger partial charge in [-0.2, -0.15) is 5.10 Å². The van der Waals surface area contributed by atoms with Crippen molar-refractivity contribution in [3.63, 3.8) is 0 Å². The minimum absolute atomic E-state index is 0.0133. The number of hydrogen-bond acceptors (Lipinski definition) is 5. The lowest BCUT2D eigenvalue weighted by Gasteiger charge is -2.31. The van der Waals surface area contributed by atoms with E-state index in [0.717, 1.165) is 11.0 Å². The SMILES string of the molecule is O=C(Cc1ccc(OC(F)(F)F)cc1)Nc1cnn(C2CCN(C(=O)c3ccc4[nH]ccc4n3)CC2)c1. The standard InChI is InChI=1S/C25H23F3N6O3/c26-25(27,28)37-19-3-1-16(2-4-19)13-23(35)31-17-14-30-34(15-17)18-8-11-33(12-9-18)24(36)22-6-5-20-21(32-22)7-10-29-20/h1-7,10,14-15,18,29H,8-9,11-13H2,(H,31,35). The summed E-state index contributed by atoms with van der Waals surface area (Å²) in [5, 5.41) is 7.12. The van der Waals surface area contributed by atoms with Crippen molar-refractivity contribution in [3.8, 4) is 5.75 Å². The van der Waals surface area contributed by atoms with Gasteiger partial charge in [-0.1, -0.05) is 12.1 Å². The number of pyridine rings is 1. The topological polar surface area (TPSA) is 105 Å². The summed E-state index contributed by atoms with van der Waals surface area (Å²) < 4.78 is 42.4. The molecule has 5 rings (SSSR count). The van der Waals surface area contributed by atoms with E-state index >= 15 is 0 Å². The normalized spacial score (nSPS) is 14.6. The molecule has 4 aromatic rings. The van der Waals surface area contributed by atoms with Crippen LogP contribution in [0, 0.1) is 0 Å². The van der Waals surface area contributed by atoms with Crippen LogP contribution in [0.15, 0.2) is 61.1 Å². The van der Waals surface area contributed by atoms with Gasteiger partial charge in [-0.25, -0.2) is 4.98 Å². The van der Waals surface area contributed by atoms with Crippen LogP contribution < -0.4 is 10.1 Å². The van der Waals surface area contributed by atoms with Crippen molar-refractivity contribution >= 4 is 28.5 Å². The van der Waals surface area contributed by atoms with E-state index in [1.165, 1.54) is 24.3 Å². The monoisotopic (exact) mass is 512 g/mol. The molecule has 1 aliphatic rings. The number of fused-ring (bicyclic) bond motifs is 1. The lowest BCUT2D eigenvalue weighted by molar-refractivity contribution is -0.274. The number of rotatable bonds is 6. The number of likely N-dealkylation sites (tertiary alicyclic amines) is 1. The van der Waals surface area contributed by atoms with E-state index in [1.807, 2.05) is 12.1 Å². The number of aromatic amines is 1. The number of hydrogen-bond donors (Lipinski definition) is 2. The lowest BCUT2D eigenvalue weighted by atomic mass is 10.0. The predicted molar refractivity (Wildman–Crippen MR) is 128 cm³/mol. The van der Waals surface area contributed by atoms with Crippen LogP contribution >= 0.6 is 0 Å². The molecule has 12 heteroatoms. The molecule has 0 saturated carbocycles. The molecule has 0 atom stereocenters. The molecular weight excluding hydrogens is 489 g/mol. The number of ether oxygens (including phenoxy) is 1. The van der Waals surface area contributed by atoms with Gasteiger partial charge >= 0.3 is 6.36 Å². The number of piperidine rings is 1. The molecule has 0 bridgehead atoms. The first-order chi connectivity index (χ1) is 17.7. The number of halogens is 3. The van der Waals surface area contributed by atoms with Gasteiger partial charge in [-0.15, -0.1) is 13.2 Å². The highest BCUT2D eigenvalue weighted by molar-refractivity contribution is 5.94. The summed E-state index contributed by atoms with van der Waals surface area (Å²) in [6.07, 6.45) is 1.71. The second kappa shape index (κ2) is 9.96. The van der Waals surface area contributed by atoms with Crippen molar-refractivity contribution in [1.82, 2.24) is 24.6 Å². The first-order valence-corrected chi connectivity index (χ1v) is 11.7. The molecule has 1 aromatic carbocycles. The Morgan fingerprint density at radius 1 is 1.08 bits per heavy atom. The van der Waals surface area contributed by atoms with E-state index in [2.05, 4.69) is 25.1 Å². The Morgan fingerprint density at radius 3 is 2.57 bits per heavy atom. The van der Waals surface area contributed by atoms with Crippen molar-refractivity contribution < 1.29 is 27.5 Å². The van der Waals surface area contributed by atoms with Crippen molar-refractivity contribution in [1.29, 1.82) is 0 Å². The van der Waals surface area contributed by atoms with Gasteiger partial charge in [0.05, 0.1) is 35.4 Å². The number of aromatic nitrogens is 4. The van der Waals surface area contributed by atoms with Gasteiger partial charge in [0, 0.05) is 25.5 Å². The Balaban J connectivity index is 1.12. The molecule has 2 N–H and O–H groups in total. The average Bonchev–Trinajstić information content (AvgIpc) is 3.53. The van der Waals surface area contributed by atoms with Crippen LogP contribution in [0.3, 0.4) is 0 Å². The number of alkyl halides is 3. The maximum Gasteiger partial charge on any atom is 0.573 e. The molecule has 0 unspecified atom stereocenters. The van der Waals surface area contributed by atoms with Crippen LogP contribution in [0.5, 0.6) is 5.75 Å². The summed E-state index contributed by atoms with van der Waals surface area (Å²) in [5.74, 6) is -0.770. The summed E-state index contributed by atoms with van der Waals surface area (Å²) in [7, 11) is 0. The fourth-order valence-electron chi connectivity index (χ4n) is 4.35. The Labute approximate surface area is 209 Å². The third-order valence-corrected chi connectivity index (χ3v) is 6.16. The number of benzene rings is 1. The second-order valence-electron chi connectivity index (χ2n) is 8.76. The highest BCUT2D eigenvalue weighted by Crippen LogP contribution is 2.25. The van der Waals surface area contributed by atoms with Crippen molar-refractivity contribution in [2.45, 2.75) is 31.7 Å². The zero-order valence-electron chi connectivity index (χ0n) is 19.5. The summed E-state index contributed by atoms with van der Waals surface area (Å²) in [6.45, 7) is 1.12.